The van der Waals surface area contributed by atoms with Crippen molar-refractivity contribution in [2.45, 2.75) is 12.8 Å². The summed E-state index contributed by atoms with van der Waals surface area (Å²) in [5.41, 5.74) is 10.4. The fraction of sp³-hybridized carbons (Fsp3) is 0.0377. The highest BCUT2D eigenvalue weighted by Gasteiger charge is 2.20. The standard InChI is InChI=1S/C53H34N4O/c1-3-12-33(13-4-1)39-24-27-46-44(30-39)45-29-37-18-9-10-19-38(37)31-47(45)57(46)41-25-26-42-49(32-41)58-48-21-11-20-43(50(42)48)53-55-51(35-15-5-2-6-16-35)54-52(56-53)40-23-22-34-14-7-8-17-36(34)28-40/h1-3,5-12,14-32H,4,13H2. The van der Waals surface area contributed by atoms with Crippen molar-refractivity contribution < 1.29 is 4.42 Å². The summed E-state index contributed by atoms with van der Waals surface area (Å²) in [6.45, 7) is 0. The van der Waals surface area contributed by atoms with E-state index in [2.05, 4.69) is 144 Å². The van der Waals surface area contributed by atoms with Crippen molar-refractivity contribution >= 4 is 70.9 Å². The molecule has 0 saturated heterocycles. The highest BCUT2D eigenvalue weighted by Crippen LogP contribution is 2.41. The lowest BCUT2D eigenvalue weighted by molar-refractivity contribution is 0.668. The van der Waals surface area contributed by atoms with E-state index in [0.717, 1.165) is 68.1 Å². The first-order chi connectivity index (χ1) is 28.7. The fourth-order valence-corrected chi connectivity index (χ4v) is 8.84. The zero-order valence-electron chi connectivity index (χ0n) is 31.4. The van der Waals surface area contributed by atoms with Gasteiger partial charge in [-0.3, -0.25) is 0 Å². The number of hydrogen-bond donors (Lipinski definition) is 0. The van der Waals surface area contributed by atoms with E-state index >= 15 is 0 Å². The first-order valence-corrected chi connectivity index (χ1v) is 19.8. The van der Waals surface area contributed by atoms with Crippen LogP contribution in [0.5, 0.6) is 0 Å². The number of nitrogens with zero attached hydrogens (tertiary/aromatic N) is 4. The van der Waals surface area contributed by atoms with E-state index in [0.29, 0.717) is 17.5 Å². The van der Waals surface area contributed by atoms with Gasteiger partial charge in [0, 0.05) is 50.0 Å². The van der Waals surface area contributed by atoms with Gasteiger partial charge < -0.3 is 8.98 Å². The van der Waals surface area contributed by atoms with Crippen molar-refractivity contribution in [3.05, 3.63) is 188 Å². The van der Waals surface area contributed by atoms with Gasteiger partial charge in [0.05, 0.1) is 11.0 Å². The molecule has 0 radical (unpaired) electrons. The molecule has 0 saturated carbocycles. The van der Waals surface area contributed by atoms with Gasteiger partial charge in [0.1, 0.15) is 11.2 Å². The highest BCUT2D eigenvalue weighted by molar-refractivity contribution is 6.15. The zero-order valence-corrected chi connectivity index (χ0v) is 31.4. The molecule has 0 aliphatic heterocycles. The second kappa shape index (κ2) is 13.0. The molecule has 0 amide bonds. The van der Waals surface area contributed by atoms with E-state index in [1.165, 1.54) is 43.6 Å². The third kappa shape index (κ3) is 5.28. The summed E-state index contributed by atoms with van der Waals surface area (Å²) in [5, 5.41) is 9.22. The molecule has 12 rings (SSSR count). The van der Waals surface area contributed by atoms with Crippen molar-refractivity contribution in [2.75, 3.05) is 0 Å². The normalized spacial score (nSPS) is 13.1. The molecule has 3 aromatic heterocycles. The van der Waals surface area contributed by atoms with Gasteiger partial charge in [-0.15, -0.1) is 0 Å². The minimum Gasteiger partial charge on any atom is -0.456 e. The second-order valence-corrected chi connectivity index (χ2v) is 15.1. The Bertz CT molecular complexity index is 3520. The Labute approximate surface area is 333 Å². The summed E-state index contributed by atoms with van der Waals surface area (Å²) >= 11 is 0. The Morgan fingerprint density at radius 1 is 0.466 bits per heavy atom. The number of rotatable bonds is 5. The van der Waals surface area contributed by atoms with Gasteiger partial charge in [0.2, 0.25) is 0 Å². The van der Waals surface area contributed by atoms with Crippen molar-refractivity contribution in [1.82, 2.24) is 19.5 Å². The lowest BCUT2D eigenvalue weighted by atomic mass is 9.96. The predicted molar refractivity (Wildman–Crippen MR) is 239 cm³/mol. The Kier molecular flexibility index (Phi) is 7.29. The highest BCUT2D eigenvalue weighted by atomic mass is 16.3. The monoisotopic (exact) mass is 742 g/mol. The molecule has 5 heteroatoms. The van der Waals surface area contributed by atoms with Gasteiger partial charge in [-0.05, 0) is 94.1 Å². The van der Waals surface area contributed by atoms with Gasteiger partial charge in [-0.25, -0.2) is 15.0 Å². The van der Waals surface area contributed by atoms with Gasteiger partial charge in [-0.2, -0.15) is 0 Å². The summed E-state index contributed by atoms with van der Waals surface area (Å²) in [4.78, 5) is 15.3. The van der Waals surface area contributed by atoms with Gasteiger partial charge in [0.15, 0.2) is 17.5 Å². The molecule has 0 bridgehead atoms. The molecule has 1 aliphatic rings. The molecule has 0 N–H and O–H groups in total. The summed E-state index contributed by atoms with van der Waals surface area (Å²) in [6.07, 6.45) is 8.81. The molecule has 272 valence electrons. The van der Waals surface area contributed by atoms with E-state index in [1.807, 2.05) is 42.5 Å². The molecule has 58 heavy (non-hydrogen) atoms. The second-order valence-electron chi connectivity index (χ2n) is 15.1. The van der Waals surface area contributed by atoms with Gasteiger partial charge in [0.25, 0.3) is 0 Å². The first-order valence-electron chi connectivity index (χ1n) is 19.8. The van der Waals surface area contributed by atoms with Crippen LogP contribution in [0.1, 0.15) is 18.4 Å². The van der Waals surface area contributed by atoms with Crippen LogP contribution in [0, 0.1) is 0 Å². The Hall–Kier alpha value is -7.63. The van der Waals surface area contributed by atoms with E-state index in [1.54, 1.807) is 0 Å². The Morgan fingerprint density at radius 3 is 2.02 bits per heavy atom. The summed E-state index contributed by atoms with van der Waals surface area (Å²) < 4.78 is 9.11. The Balaban J connectivity index is 1.05. The molecule has 3 heterocycles. The lowest BCUT2D eigenvalue weighted by Crippen LogP contribution is -2.00. The SMILES string of the molecule is C1=CCCC(c2ccc3c(c2)c2cc4ccccc4cc2n3-c2ccc3c(c2)oc2cccc(-c4nc(-c5ccccc5)nc(-c5ccc6ccccc6c5)n4)c23)=C1. The molecule has 5 nitrogen and oxygen atoms in total. The van der Waals surface area contributed by atoms with Crippen LogP contribution >= 0.6 is 0 Å². The number of hydrogen-bond acceptors (Lipinski definition) is 4. The molecule has 0 atom stereocenters. The summed E-state index contributed by atoms with van der Waals surface area (Å²) in [7, 11) is 0. The van der Waals surface area contributed by atoms with Crippen LogP contribution in [0.25, 0.3) is 111 Å². The van der Waals surface area contributed by atoms with Crippen molar-refractivity contribution in [2.24, 2.45) is 0 Å². The van der Waals surface area contributed by atoms with Gasteiger partial charge in [-0.1, -0.05) is 127 Å². The smallest absolute Gasteiger partial charge is 0.164 e. The first kappa shape index (κ1) is 32.6. The van der Waals surface area contributed by atoms with Crippen LogP contribution in [-0.4, -0.2) is 19.5 Å². The maximum Gasteiger partial charge on any atom is 0.164 e. The van der Waals surface area contributed by atoms with Crippen LogP contribution in [0.4, 0.5) is 0 Å². The zero-order chi connectivity index (χ0) is 38.2. The van der Waals surface area contributed by atoms with Gasteiger partial charge >= 0.3 is 0 Å². The maximum absolute atomic E-state index is 6.73. The third-order valence-corrected chi connectivity index (χ3v) is 11.7. The molecule has 0 unspecified atom stereocenters. The predicted octanol–water partition coefficient (Wildman–Crippen LogP) is 13.9. The average molecular weight is 743 g/mol. The molecule has 0 spiro atoms. The number of allylic oxidation sites excluding steroid dienone is 4. The third-order valence-electron chi connectivity index (χ3n) is 11.7. The number of furan rings is 1. The molecule has 8 aromatic carbocycles. The quantitative estimate of drug-likeness (QED) is 0.176. The van der Waals surface area contributed by atoms with Crippen LogP contribution in [-0.2, 0) is 0 Å². The van der Waals surface area contributed by atoms with E-state index in [-0.39, 0.29) is 0 Å². The Morgan fingerprint density at radius 2 is 1.19 bits per heavy atom. The van der Waals surface area contributed by atoms with Crippen LogP contribution < -0.4 is 0 Å². The summed E-state index contributed by atoms with van der Waals surface area (Å²) in [6, 6.07) is 57.8. The molecule has 1 aliphatic carbocycles. The van der Waals surface area contributed by atoms with E-state index in [9.17, 15) is 0 Å². The molecular weight excluding hydrogens is 709 g/mol. The number of aromatic nitrogens is 4. The topological polar surface area (TPSA) is 56.7 Å². The average Bonchev–Trinajstić information content (AvgIpc) is 3.83. The van der Waals surface area contributed by atoms with E-state index in [4.69, 9.17) is 19.4 Å². The molecular formula is C53H34N4O. The largest absolute Gasteiger partial charge is 0.456 e. The van der Waals surface area contributed by atoms with Crippen molar-refractivity contribution in [3.8, 4) is 39.9 Å². The fourth-order valence-electron chi connectivity index (χ4n) is 8.84. The minimum absolute atomic E-state index is 0.600. The van der Waals surface area contributed by atoms with Crippen molar-refractivity contribution in [3.63, 3.8) is 0 Å². The lowest BCUT2D eigenvalue weighted by Gasteiger charge is -2.11. The van der Waals surface area contributed by atoms with Crippen LogP contribution in [0.15, 0.2) is 186 Å². The number of fused-ring (bicyclic) bond motifs is 8. The van der Waals surface area contributed by atoms with Crippen LogP contribution in [0.3, 0.4) is 0 Å². The minimum atomic E-state index is 0.600. The van der Waals surface area contributed by atoms with E-state index < -0.39 is 0 Å². The number of benzene rings is 8. The van der Waals surface area contributed by atoms with Crippen LogP contribution in [0.2, 0.25) is 0 Å². The maximum atomic E-state index is 6.73. The summed E-state index contributed by atoms with van der Waals surface area (Å²) in [5.74, 6) is 1.85. The molecule has 0 fully saturated rings. The molecule has 11 aromatic rings. The van der Waals surface area contributed by atoms with Crippen molar-refractivity contribution in [1.29, 1.82) is 0 Å².